The van der Waals surface area contributed by atoms with Gasteiger partial charge in [-0.2, -0.15) is 5.10 Å². The number of hydrogen-bond donors (Lipinski definition) is 0. The lowest BCUT2D eigenvalue weighted by molar-refractivity contribution is 0.389. The minimum Gasteiger partial charge on any atom is -0.497 e. The van der Waals surface area contributed by atoms with Crippen molar-refractivity contribution in [2.75, 3.05) is 7.11 Å². The fourth-order valence-electron chi connectivity index (χ4n) is 7.95. The van der Waals surface area contributed by atoms with Gasteiger partial charge in [0.2, 0.25) is 0 Å². The van der Waals surface area contributed by atoms with E-state index in [1.165, 1.54) is 28.9 Å². The molecule has 1 aliphatic rings. The van der Waals surface area contributed by atoms with Gasteiger partial charge in [-0.3, -0.25) is 4.57 Å². The molecule has 0 fully saturated rings. The molecule has 0 spiro atoms. The van der Waals surface area contributed by atoms with E-state index in [-0.39, 0.29) is 0 Å². The maximum Gasteiger partial charge on any atom is 0.141 e. The molecule has 0 amide bonds. The van der Waals surface area contributed by atoms with Crippen molar-refractivity contribution in [1.82, 2.24) is 19.3 Å². The van der Waals surface area contributed by atoms with Crippen molar-refractivity contribution in [2.45, 2.75) is 66.7 Å². The molecule has 0 N–H and O–H groups in total. The summed E-state index contributed by atoms with van der Waals surface area (Å²) in [6, 6.07) is 25.0. The summed E-state index contributed by atoms with van der Waals surface area (Å²) in [5, 5.41) is 7.56. The summed E-state index contributed by atoms with van der Waals surface area (Å²) >= 11 is 0. The summed E-state index contributed by atoms with van der Waals surface area (Å²) in [5.41, 5.74) is 9.67. The van der Waals surface area contributed by atoms with E-state index in [1.54, 1.807) is 13.3 Å². The smallest absolute Gasteiger partial charge is 0.141 e. The summed E-state index contributed by atoms with van der Waals surface area (Å²) in [6.07, 6.45) is 7.29. The number of para-hydroxylation sites is 1. The Morgan fingerprint density at radius 3 is 2.40 bits per heavy atom. The number of benzene rings is 3. The number of allylic oxidation sites excluding steroid dienone is 2. The molecule has 1 unspecified atom stereocenters. The first-order valence-electron chi connectivity index (χ1n) is 16.9. The van der Waals surface area contributed by atoms with Gasteiger partial charge >= 0.3 is 0 Å². The van der Waals surface area contributed by atoms with Crippen molar-refractivity contribution < 1.29 is 9.47 Å². The monoisotopic (exact) mass is 624 g/mol. The summed E-state index contributed by atoms with van der Waals surface area (Å²) in [4.78, 5) is 4.71. The summed E-state index contributed by atoms with van der Waals surface area (Å²) in [6.45, 7) is 13.7. The maximum atomic E-state index is 6.65. The lowest BCUT2D eigenvalue weighted by Gasteiger charge is -2.33. The molecule has 6 nitrogen and oxygen atoms in total. The van der Waals surface area contributed by atoms with Crippen LogP contribution in [-0.2, 0) is 12.8 Å². The molecule has 3 atom stereocenters. The van der Waals surface area contributed by atoms with E-state index in [2.05, 4.69) is 118 Å². The first-order valence-corrected chi connectivity index (χ1v) is 16.9. The van der Waals surface area contributed by atoms with Crippen molar-refractivity contribution in [3.63, 3.8) is 0 Å². The Kier molecular flexibility index (Phi) is 8.13. The van der Waals surface area contributed by atoms with E-state index >= 15 is 0 Å². The highest BCUT2D eigenvalue weighted by Crippen LogP contribution is 2.44. The van der Waals surface area contributed by atoms with E-state index in [0.29, 0.717) is 17.8 Å². The van der Waals surface area contributed by atoms with Crippen molar-refractivity contribution in [2.24, 2.45) is 11.8 Å². The molecule has 6 heteroatoms. The fourth-order valence-corrected chi connectivity index (χ4v) is 7.95. The first kappa shape index (κ1) is 30.8. The normalized spacial score (nSPS) is 18.1. The Morgan fingerprint density at radius 2 is 1.64 bits per heavy atom. The Bertz CT molecular complexity index is 2140. The molecule has 240 valence electrons. The molecule has 6 aromatic rings. The third-order valence-corrected chi connectivity index (χ3v) is 9.77. The Labute approximate surface area is 277 Å². The van der Waals surface area contributed by atoms with Gasteiger partial charge in [0.25, 0.3) is 0 Å². The Hall–Kier alpha value is -4.84. The molecular formula is C41H44N4O2. The summed E-state index contributed by atoms with van der Waals surface area (Å²) < 4.78 is 16.5. The standard InChI is InChI=1S/C41H44N4O2/c1-8-35-41(40-27(5)18-25(3)19-28(40)6)36(9-2)45(43-35)29-20-26(4)21-32(22-29)47-31-14-15-34-33-12-10-11-13-37(33)44(38(34)23-31)39-24-30(46-7)16-17-42-39/h10-18,20-25,28,40H,8-9,19H2,1-7H3/t25?,28-,40+/m0/s1. The molecule has 0 saturated heterocycles. The van der Waals surface area contributed by atoms with Crippen LogP contribution >= 0.6 is 0 Å². The zero-order chi connectivity index (χ0) is 32.8. The van der Waals surface area contributed by atoms with Gasteiger partial charge in [0.1, 0.15) is 23.1 Å². The van der Waals surface area contributed by atoms with Crippen molar-refractivity contribution in [3.8, 4) is 28.8 Å². The van der Waals surface area contributed by atoms with Crippen LogP contribution < -0.4 is 9.47 Å². The minimum absolute atomic E-state index is 0.405. The highest BCUT2D eigenvalue weighted by atomic mass is 16.5. The number of ether oxygens (including phenoxy) is 2. The number of hydrogen-bond acceptors (Lipinski definition) is 4. The molecule has 7 rings (SSSR count). The average molecular weight is 625 g/mol. The number of aryl methyl sites for hydroxylation is 2. The summed E-state index contributed by atoms with van der Waals surface area (Å²) in [5.74, 6) is 4.72. The molecule has 0 radical (unpaired) electrons. The van der Waals surface area contributed by atoms with Gasteiger partial charge in [-0.1, -0.05) is 57.5 Å². The first-order chi connectivity index (χ1) is 22.8. The van der Waals surface area contributed by atoms with Crippen LogP contribution in [-0.4, -0.2) is 26.4 Å². The lowest BCUT2D eigenvalue weighted by Crippen LogP contribution is -2.21. The van der Waals surface area contributed by atoms with E-state index in [4.69, 9.17) is 19.6 Å². The van der Waals surface area contributed by atoms with Crippen LogP contribution in [0.5, 0.6) is 17.2 Å². The minimum atomic E-state index is 0.405. The Balaban J connectivity index is 1.31. The van der Waals surface area contributed by atoms with Crippen LogP contribution in [0.1, 0.15) is 69.5 Å². The van der Waals surface area contributed by atoms with E-state index in [9.17, 15) is 0 Å². The van der Waals surface area contributed by atoms with Gasteiger partial charge in [-0.15, -0.1) is 0 Å². The maximum absolute atomic E-state index is 6.65. The fraction of sp³-hybridized carbons (Fsp3) is 0.317. The zero-order valence-electron chi connectivity index (χ0n) is 28.5. The van der Waals surface area contributed by atoms with Gasteiger partial charge in [0.05, 0.1) is 29.5 Å². The lowest BCUT2D eigenvalue weighted by atomic mass is 9.72. The number of nitrogens with zero attached hydrogens (tertiary/aromatic N) is 4. The quantitative estimate of drug-likeness (QED) is 0.158. The third kappa shape index (κ3) is 5.50. The molecule has 0 aliphatic heterocycles. The highest BCUT2D eigenvalue weighted by molar-refractivity contribution is 6.09. The van der Waals surface area contributed by atoms with Crippen LogP contribution in [0.15, 0.2) is 90.6 Å². The van der Waals surface area contributed by atoms with Crippen LogP contribution in [0, 0.1) is 18.8 Å². The van der Waals surface area contributed by atoms with Gasteiger partial charge in [-0.05, 0) is 86.9 Å². The van der Waals surface area contributed by atoms with Crippen LogP contribution in [0.4, 0.5) is 0 Å². The second-order valence-corrected chi connectivity index (χ2v) is 13.2. The number of rotatable bonds is 8. The van der Waals surface area contributed by atoms with E-state index < -0.39 is 0 Å². The largest absolute Gasteiger partial charge is 0.497 e. The molecule has 3 heterocycles. The van der Waals surface area contributed by atoms with Crippen LogP contribution in [0.2, 0.25) is 0 Å². The van der Waals surface area contributed by atoms with Crippen molar-refractivity contribution >= 4 is 21.8 Å². The highest BCUT2D eigenvalue weighted by Gasteiger charge is 2.32. The predicted molar refractivity (Wildman–Crippen MR) is 192 cm³/mol. The van der Waals surface area contributed by atoms with Gasteiger partial charge in [0, 0.05) is 52.3 Å². The average Bonchev–Trinajstić information content (AvgIpc) is 3.59. The van der Waals surface area contributed by atoms with Gasteiger partial charge in [0.15, 0.2) is 0 Å². The molecule has 0 saturated carbocycles. The number of fused-ring (bicyclic) bond motifs is 3. The third-order valence-electron chi connectivity index (χ3n) is 9.77. The van der Waals surface area contributed by atoms with Crippen molar-refractivity contribution in [1.29, 1.82) is 0 Å². The van der Waals surface area contributed by atoms with E-state index in [1.807, 2.05) is 12.1 Å². The zero-order valence-corrected chi connectivity index (χ0v) is 28.5. The predicted octanol–water partition coefficient (Wildman–Crippen LogP) is 10.3. The number of methoxy groups -OCH3 is 1. The number of aromatic nitrogens is 4. The van der Waals surface area contributed by atoms with E-state index in [0.717, 1.165) is 69.0 Å². The topological polar surface area (TPSA) is 54.1 Å². The second-order valence-electron chi connectivity index (χ2n) is 13.2. The molecule has 1 aliphatic carbocycles. The van der Waals surface area contributed by atoms with Gasteiger partial charge < -0.3 is 9.47 Å². The molecular weight excluding hydrogens is 580 g/mol. The SMILES string of the molecule is CCc1nn(-c2cc(C)cc(Oc3ccc4c5ccccc5n(-c5cc(OC)ccn5)c4c3)c2)c(CC)c1[C@@H]1C(C)=CC(C)C[C@@H]1C. The van der Waals surface area contributed by atoms with Crippen molar-refractivity contribution in [3.05, 3.63) is 113 Å². The van der Waals surface area contributed by atoms with Gasteiger partial charge in [-0.25, -0.2) is 9.67 Å². The number of pyridine rings is 1. The Morgan fingerprint density at radius 1 is 0.830 bits per heavy atom. The molecule has 3 aromatic carbocycles. The molecule has 47 heavy (non-hydrogen) atoms. The second kappa shape index (κ2) is 12.4. The van der Waals surface area contributed by atoms with Crippen LogP contribution in [0.3, 0.4) is 0 Å². The summed E-state index contributed by atoms with van der Waals surface area (Å²) in [7, 11) is 1.68. The van der Waals surface area contributed by atoms with Crippen LogP contribution in [0.25, 0.3) is 33.3 Å². The molecule has 3 aromatic heterocycles. The molecule has 0 bridgehead atoms.